The zero-order valence-electron chi connectivity index (χ0n) is 8.92. The fraction of sp³-hybridized carbons (Fsp3) is 0.500. The molecule has 0 saturated heterocycles. The Morgan fingerprint density at radius 3 is 2.60 bits per heavy atom. The van der Waals surface area contributed by atoms with Gasteiger partial charge in [0.2, 0.25) is 0 Å². The molecule has 82 valence electrons. The second-order valence-electron chi connectivity index (χ2n) is 4.21. The second-order valence-corrected chi connectivity index (χ2v) is 4.21. The maximum atomic E-state index is 13.2. The first kappa shape index (κ1) is 10.4. The van der Waals surface area contributed by atoms with Crippen LogP contribution >= 0.6 is 0 Å². The first-order chi connectivity index (χ1) is 7.15. The molecule has 0 radical (unpaired) electrons. The summed E-state index contributed by atoms with van der Waals surface area (Å²) in [5.41, 5.74) is 6.69. The Morgan fingerprint density at radius 1 is 1.33 bits per heavy atom. The van der Waals surface area contributed by atoms with Gasteiger partial charge in [-0.2, -0.15) is 0 Å². The Labute approximate surface area is 89.2 Å². The highest BCUT2D eigenvalue weighted by Crippen LogP contribution is 2.40. The van der Waals surface area contributed by atoms with E-state index in [0.717, 1.165) is 31.2 Å². The van der Waals surface area contributed by atoms with Crippen LogP contribution in [0.15, 0.2) is 18.2 Å². The van der Waals surface area contributed by atoms with Crippen molar-refractivity contribution in [2.75, 3.05) is 7.11 Å². The van der Waals surface area contributed by atoms with Crippen LogP contribution in [0.25, 0.3) is 0 Å². The zero-order valence-corrected chi connectivity index (χ0v) is 8.92. The van der Waals surface area contributed by atoms with Crippen molar-refractivity contribution >= 4 is 0 Å². The molecule has 1 saturated carbocycles. The standard InChI is InChI=1S/C12H16FNO/c1-15-11-5-4-9(13)8-10(11)12(14)6-2-3-7-12/h4-5,8H,2-3,6-7,14H2,1H3. The van der Waals surface area contributed by atoms with Crippen LogP contribution in [0.2, 0.25) is 0 Å². The fourth-order valence-electron chi connectivity index (χ4n) is 2.34. The van der Waals surface area contributed by atoms with Gasteiger partial charge in [-0.3, -0.25) is 0 Å². The SMILES string of the molecule is COc1ccc(F)cc1C1(N)CCCC1. The average Bonchev–Trinajstić information content (AvgIpc) is 2.66. The highest BCUT2D eigenvalue weighted by atomic mass is 19.1. The number of benzene rings is 1. The van der Waals surface area contributed by atoms with E-state index in [2.05, 4.69) is 0 Å². The summed E-state index contributed by atoms with van der Waals surface area (Å²) in [6.07, 6.45) is 4.03. The normalized spacial score (nSPS) is 19.1. The van der Waals surface area contributed by atoms with Crippen LogP contribution in [0.1, 0.15) is 31.2 Å². The largest absolute Gasteiger partial charge is 0.496 e. The average molecular weight is 209 g/mol. The number of halogens is 1. The predicted molar refractivity (Wildman–Crippen MR) is 57.3 cm³/mol. The fourth-order valence-corrected chi connectivity index (χ4v) is 2.34. The van der Waals surface area contributed by atoms with Crippen molar-refractivity contribution in [2.24, 2.45) is 5.73 Å². The van der Waals surface area contributed by atoms with Crippen LogP contribution in [0.5, 0.6) is 5.75 Å². The van der Waals surface area contributed by atoms with Gasteiger partial charge in [-0.1, -0.05) is 12.8 Å². The lowest BCUT2D eigenvalue weighted by atomic mass is 9.88. The summed E-state index contributed by atoms with van der Waals surface area (Å²) in [6, 6.07) is 4.56. The van der Waals surface area contributed by atoms with Crippen LogP contribution in [0.4, 0.5) is 4.39 Å². The van der Waals surface area contributed by atoms with Gasteiger partial charge in [0.15, 0.2) is 0 Å². The van der Waals surface area contributed by atoms with Crippen molar-refractivity contribution in [1.29, 1.82) is 0 Å². The lowest BCUT2D eigenvalue weighted by molar-refractivity contribution is 0.377. The molecule has 0 bridgehead atoms. The minimum absolute atomic E-state index is 0.248. The molecule has 3 heteroatoms. The number of hydrogen-bond acceptors (Lipinski definition) is 2. The van der Waals surface area contributed by atoms with Gasteiger partial charge in [-0.15, -0.1) is 0 Å². The monoisotopic (exact) mass is 209 g/mol. The summed E-state index contributed by atoms with van der Waals surface area (Å²) in [4.78, 5) is 0. The number of methoxy groups -OCH3 is 1. The summed E-state index contributed by atoms with van der Waals surface area (Å²) < 4.78 is 18.4. The first-order valence-corrected chi connectivity index (χ1v) is 5.29. The van der Waals surface area contributed by atoms with Crippen LogP contribution in [0, 0.1) is 5.82 Å². The molecule has 0 unspecified atom stereocenters. The summed E-state index contributed by atoms with van der Waals surface area (Å²) in [5, 5.41) is 0. The van der Waals surface area contributed by atoms with Gasteiger partial charge in [-0.05, 0) is 31.0 Å². The van der Waals surface area contributed by atoms with E-state index in [9.17, 15) is 4.39 Å². The van der Waals surface area contributed by atoms with Crippen molar-refractivity contribution < 1.29 is 9.13 Å². The van der Waals surface area contributed by atoms with Crippen molar-refractivity contribution in [1.82, 2.24) is 0 Å². The molecular weight excluding hydrogens is 193 g/mol. The van der Waals surface area contributed by atoms with E-state index in [1.165, 1.54) is 12.1 Å². The molecule has 1 aliphatic carbocycles. The molecule has 1 aromatic rings. The predicted octanol–water partition coefficient (Wildman–Crippen LogP) is 2.56. The van der Waals surface area contributed by atoms with Gasteiger partial charge in [-0.25, -0.2) is 4.39 Å². The quantitative estimate of drug-likeness (QED) is 0.812. The summed E-state index contributed by atoms with van der Waals surface area (Å²) in [6.45, 7) is 0. The molecule has 0 heterocycles. The third-order valence-electron chi connectivity index (χ3n) is 3.19. The van der Waals surface area contributed by atoms with E-state index in [1.54, 1.807) is 13.2 Å². The van der Waals surface area contributed by atoms with E-state index >= 15 is 0 Å². The van der Waals surface area contributed by atoms with E-state index in [0.29, 0.717) is 5.75 Å². The molecule has 2 nitrogen and oxygen atoms in total. The number of hydrogen-bond donors (Lipinski definition) is 1. The smallest absolute Gasteiger partial charge is 0.124 e. The Kier molecular flexibility index (Phi) is 2.65. The zero-order chi connectivity index (χ0) is 10.9. The summed E-state index contributed by atoms with van der Waals surface area (Å²) >= 11 is 0. The van der Waals surface area contributed by atoms with Crippen LogP contribution in [-0.4, -0.2) is 7.11 Å². The highest BCUT2D eigenvalue weighted by Gasteiger charge is 2.33. The van der Waals surface area contributed by atoms with Crippen LogP contribution in [0.3, 0.4) is 0 Å². The lowest BCUT2D eigenvalue weighted by Gasteiger charge is -2.26. The molecule has 2 rings (SSSR count). The lowest BCUT2D eigenvalue weighted by Crippen LogP contribution is -2.33. The third kappa shape index (κ3) is 1.84. The first-order valence-electron chi connectivity index (χ1n) is 5.29. The molecule has 0 aliphatic heterocycles. The topological polar surface area (TPSA) is 35.2 Å². The number of rotatable bonds is 2. The Hall–Kier alpha value is -1.09. The minimum Gasteiger partial charge on any atom is -0.496 e. The van der Waals surface area contributed by atoms with Crippen LogP contribution in [-0.2, 0) is 5.54 Å². The van der Waals surface area contributed by atoms with E-state index < -0.39 is 5.54 Å². The van der Waals surface area contributed by atoms with Gasteiger partial charge in [0.25, 0.3) is 0 Å². The molecule has 0 spiro atoms. The van der Waals surface area contributed by atoms with Gasteiger partial charge < -0.3 is 10.5 Å². The van der Waals surface area contributed by atoms with Crippen LogP contribution < -0.4 is 10.5 Å². The van der Waals surface area contributed by atoms with E-state index in [4.69, 9.17) is 10.5 Å². The highest BCUT2D eigenvalue weighted by molar-refractivity contribution is 5.40. The molecule has 0 atom stereocenters. The summed E-state index contributed by atoms with van der Waals surface area (Å²) in [7, 11) is 1.59. The Morgan fingerprint density at radius 2 is 2.00 bits per heavy atom. The number of ether oxygens (including phenoxy) is 1. The molecule has 2 N–H and O–H groups in total. The molecule has 0 amide bonds. The molecular formula is C12H16FNO. The molecule has 0 aromatic heterocycles. The van der Waals surface area contributed by atoms with Crippen molar-refractivity contribution in [3.05, 3.63) is 29.6 Å². The summed E-state index contributed by atoms with van der Waals surface area (Å²) in [5.74, 6) is 0.448. The molecule has 1 aromatic carbocycles. The van der Waals surface area contributed by atoms with Gasteiger partial charge in [0.1, 0.15) is 11.6 Å². The minimum atomic E-state index is -0.395. The van der Waals surface area contributed by atoms with Gasteiger partial charge in [0, 0.05) is 11.1 Å². The molecule has 1 aliphatic rings. The molecule has 15 heavy (non-hydrogen) atoms. The number of nitrogens with two attached hydrogens (primary N) is 1. The van der Waals surface area contributed by atoms with Crippen molar-refractivity contribution in [3.63, 3.8) is 0 Å². The maximum Gasteiger partial charge on any atom is 0.124 e. The second kappa shape index (κ2) is 3.81. The van der Waals surface area contributed by atoms with Gasteiger partial charge >= 0.3 is 0 Å². The third-order valence-corrected chi connectivity index (χ3v) is 3.19. The van der Waals surface area contributed by atoms with E-state index in [1.807, 2.05) is 0 Å². The van der Waals surface area contributed by atoms with Crippen molar-refractivity contribution in [2.45, 2.75) is 31.2 Å². The van der Waals surface area contributed by atoms with Gasteiger partial charge in [0.05, 0.1) is 7.11 Å². The van der Waals surface area contributed by atoms with Crippen molar-refractivity contribution in [3.8, 4) is 5.75 Å². The van der Waals surface area contributed by atoms with E-state index in [-0.39, 0.29) is 5.82 Å². The Bertz CT molecular complexity index is 359. The Balaban J connectivity index is 2.44. The maximum absolute atomic E-state index is 13.2. The molecule has 1 fully saturated rings.